The number of carbonyl (C=O) groups excluding carboxylic acids is 1. The van der Waals surface area contributed by atoms with Crippen LogP contribution < -0.4 is 5.32 Å². The maximum Gasteiger partial charge on any atom is 0.248 e. The van der Waals surface area contributed by atoms with E-state index in [4.69, 9.17) is 8.83 Å². The number of aromatic nitrogens is 1. The highest BCUT2D eigenvalue weighted by Crippen LogP contribution is 2.28. The van der Waals surface area contributed by atoms with Gasteiger partial charge in [-0.05, 0) is 67.1 Å². The highest BCUT2D eigenvalue weighted by Gasteiger charge is 2.10. The molecule has 4 rings (SSSR count). The molecular weight excluding hydrogens is 408 g/mol. The van der Waals surface area contributed by atoms with Crippen LogP contribution >= 0.6 is 15.9 Å². The van der Waals surface area contributed by atoms with E-state index in [1.807, 2.05) is 25.1 Å². The van der Waals surface area contributed by atoms with E-state index in [2.05, 4.69) is 26.2 Å². The van der Waals surface area contributed by atoms with E-state index in [9.17, 15) is 4.79 Å². The Bertz CT molecular complexity index is 1140. The first kappa shape index (κ1) is 17.3. The average molecular weight is 423 g/mol. The molecule has 0 aliphatic carbocycles. The lowest BCUT2D eigenvalue weighted by atomic mass is 10.1. The molecule has 0 radical (unpaired) electrons. The van der Waals surface area contributed by atoms with E-state index in [0.29, 0.717) is 28.4 Å². The predicted octanol–water partition coefficient (Wildman–Crippen LogP) is 5.81. The molecule has 0 aliphatic heterocycles. The van der Waals surface area contributed by atoms with Crippen molar-refractivity contribution in [1.29, 1.82) is 0 Å². The van der Waals surface area contributed by atoms with Crippen molar-refractivity contribution in [2.75, 3.05) is 5.32 Å². The minimum absolute atomic E-state index is 0.252. The number of aryl methyl sites for hydroxylation is 1. The SMILES string of the molecule is Cc1cc(-c2nc3cc(NC(=O)/C=C/c4ccco4)ccc3o2)ccc1Br. The third kappa shape index (κ3) is 3.85. The normalized spacial score (nSPS) is 11.3. The summed E-state index contributed by atoms with van der Waals surface area (Å²) in [6, 6.07) is 14.8. The Labute approximate surface area is 163 Å². The molecular formula is C21H15BrN2O3. The fourth-order valence-electron chi connectivity index (χ4n) is 2.63. The number of fused-ring (bicyclic) bond motifs is 1. The largest absolute Gasteiger partial charge is 0.465 e. The summed E-state index contributed by atoms with van der Waals surface area (Å²) in [5.41, 5.74) is 3.99. The molecule has 2 aromatic heterocycles. The summed E-state index contributed by atoms with van der Waals surface area (Å²) in [6.45, 7) is 2.01. The van der Waals surface area contributed by atoms with Crippen molar-refractivity contribution in [3.05, 3.63) is 76.7 Å². The van der Waals surface area contributed by atoms with Gasteiger partial charge in [0.25, 0.3) is 0 Å². The lowest BCUT2D eigenvalue weighted by molar-refractivity contribution is -0.111. The van der Waals surface area contributed by atoms with E-state index >= 15 is 0 Å². The van der Waals surface area contributed by atoms with E-state index < -0.39 is 0 Å². The lowest BCUT2D eigenvalue weighted by Crippen LogP contribution is -2.07. The molecule has 1 N–H and O–H groups in total. The van der Waals surface area contributed by atoms with Crippen molar-refractivity contribution in [3.63, 3.8) is 0 Å². The third-order valence-electron chi connectivity index (χ3n) is 4.00. The summed E-state index contributed by atoms with van der Waals surface area (Å²) in [5.74, 6) is 0.909. The van der Waals surface area contributed by atoms with Gasteiger partial charge in [0.1, 0.15) is 11.3 Å². The van der Waals surface area contributed by atoms with Gasteiger partial charge in [-0.25, -0.2) is 4.98 Å². The quantitative estimate of drug-likeness (QED) is 0.421. The molecule has 0 bridgehead atoms. The fourth-order valence-corrected chi connectivity index (χ4v) is 2.88. The topological polar surface area (TPSA) is 68.3 Å². The van der Waals surface area contributed by atoms with Crippen LogP contribution in [0.25, 0.3) is 28.6 Å². The maximum atomic E-state index is 12.1. The minimum Gasteiger partial charge on any atom is -0.465 e. The van der Waals surface area contributed by atoms with E-state index in [1.54, 1.807) is 42.7 Å². The molecule has 0 aliphatic rings. The van der Waals surface area contributed by atoms with Gasteiger partial charge in [0.05, 0.1) is 6.26 Å². The number of benzene rings is 2. The van der Waals surface area contributed by atoms with Gasteiger partial charge < -0.3 is 14.2 Å². The molecule has 0 unspecified atom stereocenters. The first-order valence-electron chi connectivity index (χ1n) is 8.28. The second kappa shape index (κ2) is 7.25. The molecule has 2 aromatic carbocycles. The van der Waals surface area contributed by atoms with Crippen LogP contribution in [0.4, 0.5) is 5.69 Å². The molecule has 0 spiro atoms. The molecule has 2 heterocycles. The molecule has 0 fully saturated rings. The van der Waals surface area contributed by atoms with Crippen LogP contribution in [0.1, 0.15) is 11.3 Å². The average Bonchev–Trinajstić information content (AvgIpc) is 3.31. The second-order valence-corrected chi connectivity index (χ2v) is 6.86. The monoisotopic (exact) mass is 422 g/mol. The molecule has 4 aromatic rings. The highest BCUT2D eigenvalue weighted by molar-refractivity contribution is 9.10. The predicted molar refractivity (Wildman–Crippen MR) is 108 cm³/mol. The Kier molecular flexibility index (Phi) is 4.64. The van der Waals surface area contributed by atoms with Crippen molar-refractivity contribution in [3.8, 4) is 11.5 Å². The molecule has 0 saturated heterocycles. The van der Waals surface area contributed by atoms with Gasteiger partial charge in [-0.3, -0.25) is 4.79 Å². The third-order valence-corrected chi connectivity index (χ3v) is 4.89. The minimum atomic E-state index is -0.252. The van der Waals surface area contributed by atoms with E-state index in [0.717, 1.165) is 15.6 Å². The standard InChI is InChI=1S/C21H15BrN2O3/c1-13-11-14(4-7-17(13)22)21-24-18-12-15(5-8-19(18)27-21)23-20(25)9-6-16-3-2-10-26-16/h2-12H,1H3,(H,23,25)/b9-6+. The molecule has 27 heavy (non-hydrogen) atoms. The molecule has 5 nitrogen and oxygen atoms in total. The number of hydrogen-bond donors (Lipinski definition) is 1. The van der Waals surface area contributed by atoms with Crippen molar-refractivity contribution in [1.82, 2.24) is 4.98 Å². The number of nitrogens with zero attached hydrogens (tertiary/aromatic N) is 1. The molecule has 134 valence electrons. The Morgan fingerprint density at radius 1 is 1.19 bits per heavy atom. The smallest absolute Gasteiger partial charge is 0.248 e. The van der Waals surface area contributed by atoms with Crippen LogP contribution in [0.2, 0.25) is 0 Å². The number of anilines is 1. The van der Waals surface area contributed by atoms with Gasteiger partial charge in [-0.15, -0.1) is 0 Å². The molecule has 0 saturated carbocycles. The second-order valence-electron chi connectivity index (χ2n) is 6.00. The van der Waals surface area contributed by atoms with Crippen LogP contribution in [0.15, 0.2) is 74.2 Å². The zero-order valence-electron chi connectivity index (χ0n) is 14.4. The summed E-state index contributed by atoms with van der Waals surface area (Å²) >= 11 is 3.49. The first-order chi connectivity index (χ1) is 13.1. The Morgan fingerprint density at radius 2 is 2.07 bits per heavy atom. The van der Waals surface area contributed by atoms with Gasteiger partial charge in [-0.1, -0.05) is 15.9 Å². The van der Waals surface area contributed by atoms with Gasteiger partial charge in [-0.2, -0.15) is 0 Å². The number of rotatable bonds is 4. The van der Waals surface area contributed by atoms with Crippen molar-refractivity contribution < 1.29 is 13.6 Å². The lowest BCUT2D eigenvalue weighted by Gasteiger charge is -2.00. The number of halogens is 1. The summed E-state index contributed by atoms with van der Waals surface area (Å²) < 4.78 is 12.0. The van der Waals surface area contributed by atoms with Crippen LogP contribution in [-0.4, -0.2) is 10.9 Å². The Morgan fingerprint density at radius 3 is 2.85 bits per heavy atom. The van der Waals surface area contributed by atoms with Crippen molar-refractivity contribution >= 4 is 44.7 Å². The first-order valence-corrected chi connectivity index (χ1v) is 9.07. The van der Waals surface area contributed by atoms with Crippen LogP contribution in [0.5, 0.6) is 0 Å². The highest BCUT2D eigenvalue weighted by atomic mass is 79.9. The number of oxazole rings is 1. The van der Waals surface area contributed by atoms with Crippen molar-refractivity contribution in [2.24, 2.45) is 0 Å². The van der Waals surface area contributed by atoms with Gasteiger partial charge >= 0.3 is 0 Å². The van der Waals surface area contributed by atoms with Crippen LogP contribution in [-0.2, 0) is 4.79 Å². The van der Waals surface area contributed by atoms with E-state index in [1.165, 1.54) is 6.08 Å². The van der Waals surface area contributed by atoms with Gasteiger partial charge in [0, 0.05) is 21.8 Å². The fraction of sp³-hybridized carbons (Fsp3) is 0.0476. The number of amides is 1. The zero-order valence-corrected chi connectivity index (χ0v) is 16.0. The number of nitrogens with one attached hydrogen (secondary N) is 1. The number of furan rings is 1. The molecule has 0 atom stereocenters. The maximum absolute atomic E-state index is 12.1. The van der Waals surface area contributed by atoms with Gasteiger partial charge in [0.15, 0.2) is 5.58 Å². The summed E-state index contributed by atoms with van der Waals surface area (Å²) in [6.07, 6.45) is 4.58. The molecule has 6 heteroatoms. The zero-order chi connectivity index (χ0) is 18.8. The Hall–Kier alpha value is -3.12. The van der Waals surface area contributed by atoms with Crippen LogP contribution in [0.3, 0.4) is 0 Å². The Balaban J connectivity index is 1.55. The van der Waals surface area contributed by atoms with Gasteiger partial charge in [0.2, 0.25) is 11.8 Å². The summed E-state index contributed by atoms with van der Waals surface area (Å²) in [4.78, 5) is 16.6. The number of carbonyl (C=O) groups is 1. The van der Waals surface area contributed by atoms with Crippen LogP contribution in [0, 0.1) is 6.92 Å². The van der Waals surface area contributed by atoms with Crippen molar-refractivity contribution in [2.45, 2.75) is 6.92 Å². The van der Waals surface area contributed by atoms with E-state index in [-0.39, 0.29) is 5.91 Å². The summed E-state index contributed by atoms with van der Waals surface area (Å²) in [5, 5.41) is 2.81. The molecule has 1 amide bonds. The number of hydrogen-bond acceptors (Lipinski definition) is 4. The summed E-state index contributed by atoms with van der Waals surface area (Å²) in [7, 11) is 0.